The largest absolute Gasteiger partial charge is 0.465 e. The smallest absolute Gasteiger partial charge is 0.313 e. The molecule has 0 N–H and O–H groups in total. The van der Waals surface area contributed by atoms with E-state index in [9.17, 15) is 9.59 Å². The van der Waals surface area contributed by atoms with Crippen molar-refractivity contribution in [1.29, 1.82) is 0 Å². The van der Waals surface area contributed by atoms with Crippen LogP contribution in [0.3, 0.4) is 0 Å². The summed E-state index contributed by atoms with van der Waals surface area (Å²) >= 11 is 0. The molecule has 1 aliphatic carbocycles. The SMILES string of the molecule is CC(C)COC(=O)C1(CC(C)C)C(c2ccccc2)CCC(c2ccccc2)C1(CC(C)C)C(=O)OCC(C)C. The van der Waals surface area contributed by atoms with Crippen LogP contribution in [-0.2, 0) is 19.1 Å². The van der Waals surface area contributed by atoms with Gasteiger partial charge in [0.1, 0.15) is 0 Å². The maximum Gasteiger partial charge on any atom is 0.313 e. The van der Waals surface area contributed by atoms with E-state index in [0.717, 1.165) is 24.0 Å². The van der Waals surface area contributed by atoms with E-state index in [4.69, 9.17) is 9.47 Å². The van der Waals surface area contributed by atoms with Gasteiger partial charge in [-0.15, -0.1) is 0 Å². The minimum atomic E-state index is -1.09. The van der Waals surface area contributed by atoms with E-state index in [0.29, 0.717) is 26.1 Å². The molecular formula is C36H52O4. The van der Waals surface area contributed by atoms with Crippen molar-refractivity contribution in [2.24, 2.45) is 34.5 Å². The van der Waals surface area contributed by atoms with Crippen LogP contribution in [-0.4, -0.2) is 25.2 Å². The summed E-state index contributed by atoms with van der Waals surface area (Å²) in [6.07, 6.45) is 2.70. The van der Waals surface area contributed by atoms with E-state index >= 15 is 0 Å². The number of esters is 2. The Morgan fingerprint density at radius 3 is 1.20 bits per heavy atom. The number of ether oxygens (including phenoxy) is 2. The molecule has 2 aromatic carbocycles. The first-order chi connectivity index (χ1) is 19.0. The second kappa shape index (κ2) is 13.8. The fourth-order valence-electron chi connectivity index (χ4n) is 7.22. The van der Waals surface area contributed by atoms with Gasteiger partial charge in [0.05, 0.1) is 24.0 Å². The molecule has 0 amide bonds. The van der Waals surface area contributed by atoms with E-state index in [1.807, 2.05) is 36.4 Å². The van der Waals surface area contributed by atoms with Crippen molar-refractivity contribution in [3.05, 3.63) is 71.8 Å². The van der Waals surface area contributed by atoms with Gasteiger partial charge in [0.25, 0.3) is 0 Å². The molecule has 2 aromatic rings. The molecule has 4 unspecified atom stereocenters. The van der Waals surface area contributed by atoms with E-state index in [1.165, 1.54) is 0 Å². The van der Waals surface area contributed by atoms with Crippen molar-refractivity contribution < 1.29 is 19.1 Å². The molecule has 1 saturated carbocycles. The minimum absolute atomic E-state index is 0.164. The monoisotopic (exact) mass is 548 g/mol. The van der Waals surface area contributed by atoms with Crippen molar-refractivity contribution in [3.8, 4) is 0 Å². The van der Waals surface area contributed by atoms with Crippen molar-refractivity contribution >= 4 is 11.9 Å². The third kappa shape index (κ3) is 6.64. The standard InChI is InChI=1S/C36H52O4/c1-25(2)21-35(33(37)39-23-27(5)6)31(29-15-11-9-12-16-29)19-20-32(30-17-13-10-14-18-30)36(35,22-26(3)4)34(38)40-24-28(7)8/h9-18,25-28,31-32H,19-24H2,1-8H3. The second-order valence-electron chi connectivity index (χ2n) is 13.6. The third-order valence-electron chi connectivity index (χ3n) is 8.42. The van der Waals surface area contributed by atoms with Gasteiger partial charge >= 0.3 is 11.9 Å². The van der Waals surface area contributed by atoms with Crippen LogP contribution in [0.4, 0.5) is 0 Å². The van der Waals surface area contributed by atoms with Crippen LogP contribution in [0.15, 0.2) is 60.7 Å². The van der Waals surface area contributed by atoms with Crippen LogP contribution >= 0.6 is 0 Å². The van der Waals surface area contributed by atoms with Gasteiger partial charge < -0.3 is 9.47 Å². The Balaban J connectivity index is 2.44. The molecular weight excluding hydrogens is 496 g/mol. The molecule has 0 bridgehead atoms. The number of hydrogen-bond donors (Lipinski definition) is 0. The molecule has 1 fully saturated rings. The topological polar surface area (TPSA) is 52.6 Å². The predicted molar refractivity (Wildman–Crippen MR) is 163 cm³/mol. The summed E-state index contributed by atoms with van der Waals surface area (Å²) in [4.78, 5) is 29.9. The molecule has 0 aliphatic heterocycles. The maximum absolute atomic E-state index is 14.9. The van der Waals surface area contributed by atoms with E-state index in [2.05, 4.69) is 79.7 Å². The Morgan fingerprint density at radius 1 is 0.600 bits per heavy atom. The van der Waals surface area contributed by atoms with Crippen LogP contribution in [0.1, 0.15) is 104 Å². The molecule has 0 aromatic heterocycles. The first kappa shape index (κ1) is 31.9. The van der Waals surface area contributed by atoms with Gasteiger partial charge in [0.2, 0.25) is 0 Å². The molecule has 3 rings (SSSR count). The number of rotatable bonds is 12. The summed E-state index contributed by atoms with van der Waals surface area (Å²) in [5.41, 5.74) is 0.0186. The van der Waals surface area contributed by atoms with Crippen LogP contribution in [0.25, 0.3) is 0 Å². The molecule has 0 spiro atoms. The lowest BCUT2D eigenvalue weighted by Gasteiger charge is -2.59. The summed E-state index contributed by atoms with van der Waals surface area (Å²) in [6, 6.07) is 20.7. The number of benzene rings is 2. The lowest BCUT2D eigenvalue weighted by molar-refractivity contribution is -0.199. The molecule has 220 valence electrons. The average Bonchev–Trinajstić information content (AvgIpc) is 2.91. The highest BCUT2D eigenvalue weighted by molar-refractivity contribution is 5.91. The maximum atomic E-state index is 14.9. The van der Waals surface area contributed by atoms with E-state index in [1.54, 1.807) is 0 Å². The zero-order valence-electron chi connectivity index (χ0n) is 26.1. The van der Waals surface area contributed by atoms with Crippen LogP contribution in [0.5, 0.6) is 0 Å². The van der Waals surface area contributed by atoms with Crippen LogP contribution in [0, 0.1) is 34.5 Å². The summed E-state index contributed by atoms with van der Waals surface area (Å²) < 4.78 is 12.5. The molecule has 4 nitrogen and oxygen atoms in total. The van der Waals surface area contributed by atoms with Crippen LogP contribution in [0.2, 0.25) is 0 Å². The Morgan fingerprint density at radius 2 is 0.925 bits per heavy atom. The fraction of sp³-hybridized carbons (Fsp3) is 0.611. The first-order valence-electron chi connectivity index (χ1n) is 15.4. The van der Waals surface area contributed by atoms with Crippen molar-refractivity contribution in [2.45, 2.75) is 92.9 Å². The number of carbonyl (C=O) groups is 2. The highest BCUT2D eigenvalue weighted by Gasteiger charge is 2.70. The highest BCUT2D eigenvalue weighted by atomic mass is 16.5. The summed E-state index contributed by atoms with van der Waals surface area (Å²) in [6.45, 7) is 17.5. The van der Waals surface area contributed by atoms with Gasteiger partial charge in [-0.1, -0.05) is 116 Å². The lowest BCUT2D eigenvalue weighted by Crippen LogP contribution is -2.63. The molecule has 4 atom stereocenters. The quantitative estimate of drug-likeness (QED) is 0.249. The summed E-state index contributed by atoms with van der Waals surface area (Å²) in [5, 5.41) is 0. The Kier molecular flexibility index (Phi) is 11.0. The Labute approximate surface area is 243 Å². The van der Waals surface area contributed by atoms with Gasteiger partial charge in [-0.25, -0.2) is 0 Å². The molecule has 0 radical (unpaired) electrons. The molecule has 1 aliphatic rings. The molecule has 4 heteroatoms. The molecule has 0 saturated heterocycles. The van der Waals surface area contributed by atoms with Gasteiger partial charge in [-0.3, -0.25) is 9.59 Å². The Bertz CT molecular complexity index is 987. The highest BCUT2D eigenvalue weighted by Crippen LogP contribution is 2.68. The Hall–Kier alpha value is -2.62. The lowest BCUT2D eigenvalue weighted by atomic mass is 9.42. The first-order valence-corrected chi connectivity index (χ1v) is 15.4. The number of carbonyl (C=O) groups excluding carboxylic acids is 2. The van der Waals surface area contributed by atoms with Crippen molar-refractivity contribution in [1.82, 2.24) is 0 Å². The summed E-state index contributed by atoms with van der Waals surface area (Å²) in [5.74, 6) is -0.110. The van der Waals surface area contributed by atoms with Gasteiger partial charge in [-0.05, 0) is 60.5 Å². The molecule has 0 heterocycles. The molecule has 40 heavy (non-hydrogen) atoms. The van der Waals surface area contributed by atoms with E-state index in [-0.39, 0.29) is 47.4 Å². The van der Waals surface area contributed by atoms with Gasteiger partial charge in [-0.2, -0.15) is 0 Å². The van der Waals surface area contributed by atoms with Crippen molar-refractivity contribution in [3.63, 3.8) is 0 Å². The van der Waals surface area contributed by atoms with Gasteiger partial charge in [0, 0.05) is 11.8 Å². The third-order valence-corrected chi connectivity index (χ3v) is 8.42. The van der Waals surface area contributed by atoms with Gasteiger partial charge in [0.15, 0.2) is 0 Å². The van der Waals surface area contributed by atoms with Crippen LogP contribution < -0.4 is 0 Å². The second-order valence-corrected chi connectivity index (χ2v) is 13.6. The van der Waals surface area contributed by atoms with E-state index < -0.39 is 10.8 Å². The normalized spacial score (nSPS) is 25.0. The predicted octanol–water partition coefficient (Wildman–Crippen LogP) is 8.81. The number of hydrogen-bond acceptors (Lipinski definition) is 4. The fourth-order valence-corrected chi connectivity index (χ4v) is 7.22. The summed E-state index contributed by atoms with van der Waals surface area (Å²) in [7, 11) is 0. The average molecular weight is 549 g/mol. The van der Waals surface area contributed by atoms with Crippen molar-refractivity contribution in [2.75, 3.05) is 13.2 Å². The zero-order chi connectivity index (χ0) is 29.5. The zero-order valence-corrected chi connectivity index (χ0v) is 26.1. The minimum Gasteiger partial charge on any atom is -0.465 e.